The first-order chi connectivity index (χ1) is 14.0. The van der Waals surface area contributed by atoms with Gasteiger partial charge >= 0.3 is 0 Å². The third-order valence-electron chi connectivity index (χ3n) is 4.83. The van der Waals surface area contributed by atoms with Crippen molar-refractivity contribution >= 4 is 27.3 Å². The van der Waals surface area contributed by atoms with Crippen LogP contribution in [0.25, 0.3) is 0 Å². The van der Waals surface area contributed by atoms with Gasteiger partial charge in [-0.2, -0.15) is 0 Å². The number of hydrogen-bond donors (Lipinski definition) is 1. The molecule has 1 heterocycles. The van der Waals surface area contributed by atoms with Crippen molar-refractivity contribution in [2.45, 2.75) is 4.90 Å². The molecule has 0 fully saturated rings. The van der Waals surface area contributed by atoms with Crippen molar-refractivity contribution in [1.29, 1.82) is 0 Å². The van der Waals surface area contributed by atoms with E-state index in [1.807, 2.05) is 0 Å². The third-order valence-corrected chi connectivity index (χ3v) is 6.25. The van der Waals surface area contributed by atoms with E-state index in [0.717, 1.165) is 0 Å². The summed E-state index contributed by atoms with van der Waals surface area (Å²) in [5, 5.41) is 0. The van der Waals surface area contributed by atoms with E-state index in [4.69, 9.17) is 9.47 Å². The highest BCUT2D eigenvalue weighted by Crippen LogP contribution is 2.36. The number of anilines is 1. The molecule has 0 bridgehead atoms. The molecule has 0 amide bonds. The molecular formula is C21H13NO6S. The molecule has 1 aliphatic heterocycles. The van der Waals surface area contributed by atoms with Crippen molar-refractivity contribution in [3.05, 3.63) is 82.9 Å². The number of rotatable bonds is 3. The van der Waals surface area contributed by atoms with Crippen molar-refractivity contribution in [2.24, 2.45) is 0 Å². The van der Waals surface area contributed by atoms with Crippen molar-refractivity contribution in [2.75, 3.05) is 11.5 Å². The standard InChI is InChI=1S/C21H13NO6S/c23-20-13-4-1-2-5-14(13)21(24)19-15(20)6-3-7-18(19)29(25,26)22-12-8-9-16-17(10-12)28-11-27-16/h1-10,22H,11H2. The average Bonchev–Trinajstić information content (AvgIpc) is 3.19. The molecule has 3 aromatic carbocycles. The summed E-state index contributed by atoms with van der Waals surface area (Å²) in [5.74, 6) is 0.0556. The Bertz CT molecular complexity index is 1310. The van der Waals surface area contributed by atoms with Crippen LogP contribution in [0.3, 0.4) is 0 Å². The van der Waals surface area contributed by atoms with Gasteiger partial charge in [-0.05, 0) is 18.2 Å². The molecule has 5 rings (SSSR count). The van der Waals surface area contributed by atoms with E-state index >= 15 is 0 Å². The molecule has 1 aliphatic carbocycles. The second-order valence-electron chi connectivity index (χ2n) is 6.56. The van der Waals surface area contributed by atoms with Crippen molar-refractivity contribution < 1.29 is 27.5 Å². The molecular weight excluding hydrogens is 394 g/mol. The molecule has 8 heteroatoms. The quantitative estimate of drug-likeness (QED) is 0.561. The lowest BCUT2D eigenvalue weighted by Crippen LogP contribution is -2.25. The summed E-state index contributed by atoms with van der Waals surface area (Å²) in [6, 6.07) is 15.2. The topological polar surface area (TPSA) is 98.8 Å². The third kappa shape index (κ3) is 2.68. The number of carbonyl (C=O) groups excluding carboxylic acids is 2. The molecule has 7 nitrogen and oxygen atoms in total. The van der Waals surface area contributed by atoms with Crippen molar-refractivity contribution in [3.63, 3.8) is 0 Å². The van der Waals surface area contributed by atoms with E-state index in [2.05, 4.69) is 4.72 Å². The minimum Gasteiger partial charge on any atom is -0.454 e. The van der Waals surface area contributed by atoms with Gasteiger partial charge in [0.15, 0.2) is 23.1 Å². The maximum Gasteiger partial charge on any atom is 0.262 e. The Kier molecular flexibility index (Phi) is 3.72. The van der Waals surface area contributed by atoms with Gasteiger partial charge in [0.2, 0.25) is 6.79 Å². The Hall–Kier alpha value is -3.65. The fourth-order valence-electron chi connectivity index (χ4n) is 3.51. The predicted molar refractivity (Wildman–Crippen MR) is 103 cm³/mol. The van der Waals surface area contributed by atoms with Crippen LogP contribution in [0, 0.1) is 0 Å². The van der Waals surface area contributed by atoms with Gasteiger partial charge in [0.1, 0.15) is 0 Å². The van der Waals surface area contributed by atoms with Gasteiger partial charge in [0.05, 0.1) is 16.1 Å². The van der Waals surface area contributed by atoms with Gasteiger partial charge in [0, 0.05) is 22.8 Å². The van der Waals surface area contributed by atoms with E-state index < -0.39 is 15.8 Å². The average molecular weight is 407 g/mol. The summed E-state index contributed by atoms with van der Waals surface area (Å²) in [6.07, 6.45) is 0. The van der Waals surface area contributed by atoms with Crippen LogP contribution in [-0.2, 0) is 10.0 Å². The Morgan fingerprint density at radius 3 is 2.24 bits per heavy atom. The van der Waals surface area contributed by atoms with Crippen LogP contribution in [-0.4, -0.2) is 26.8 Å². The van der Waals surface area contributed by atoms with E-state index in [1.165, 1.54) is 36.4 Å². The smallest absolute Gasteiger partial charge is 0.262 e. The molecule has 3 aromatic rings. The number of ketones is 2. The number of nitrogens with one attached hydrogen (secondary N) is 1. The molecule has 0 saturated carbocycles. The van der Waals surface area contributed by atoms with Crippen LogP contribution >= 0.6 is 0 Å². The highest BCUT2D eigenvalue weighted by Gasteiger charge is 2.34. The summed E-state index contributed by atoms with van der Waals surface area (Å²) in [7, 11) is -4.15. The van der Waals surface area contributed by atoms with E-state index in [0.29, 0.717) is 11.5 Å². The molecule has 2 aliphatic rings. The molecule has 29 heavy (non-hydrogen) atoms. The number of carbonyl (C=O) groups is 2. The number of ether oxygens (including phenoxy) is 2. The Morgan fingerprint density at radius 2 is 1.45 bits per heavy atom. The summed E-state index contributed by atoms with van der Waals surface area (Å²) in [6.45, 7) is 0.0632. The fraction of sp³-hybridized carbons (Fsp3) is 0.0476. The summed E-state index contributed by atoms with van der Waals surface area (Å²) in [4.78, 5) is 25.6. The fourth-order valence-corrected chi connectivity index (χ4v) is 4.78. The van der Waals surface area contributed by atoms with Gasteiger partial charge in [-0.25, -0.2) is 8.42 Å². The maximum absolute atomic E-state index is 13.1. The molecule has 0 atom stereocenters. The second kappa shape index (κ2) is 6.18. The summed E-state index contributed by atoms with van der Waals surface area (Å²) < 4.78 is 39.1. The monoisotopic (exact) mass is 407 g/mol. The van der Waals surface area contributed by atoms with Crippen molar-refractivity contribution in [3.8, 4) is 11.5 Å². The van der Waals surface area contributed by atoms with Gasteiger partial charge in [-0.1, -0.05) is 36.4 Å². The van der Waals surface area contributed by atoms with Crippen LogP contribution in [0.2, 0.25) is 0 Å². The zero-order valence-corrected chi connectivity index (χ0v) is 15.7. The first-order valence-electron chi connectivity index (χ1n) is 8.69. The van der Waals surface area contributed by atoms with Gasteiger partial charge < -0.3 is 9.47 Å². The van der Waals surface area contributed by atoms with Crippen LogP contribution in [0.5, 0.6) is 11.5 Å². The lowest BCUT2D eigenvalue weighted by atomic mass is 9.84. The molecule has 0 radical (unpaired) electrons. The number of hydrogen-bond acceptors (Lipinski definition) is 6. The lowest BCUT2D eigenvalue weighted by Gasteiger charge is -2.20. The predicted octanol–water partition coefficient (Wildman–Crippen LogP) is 2.99. The van der Waals surface area contributed by atoms with E-state index in [1.54, 1.807) is 24.3 Å². The Balaban J connectivity index is 1.60. The number of fused-ring (bicyclic) bond motifs is 3. The normalized spacial score (nSPS) is 14.3. The molecule has 0 unspecified atom stereocenters. The Morgan fingerprint density at radius 1 is 0.759 bits per heavy atom. The van der Waals surface area contributed by atoms with Crippen LogP contribution in [0.4, 0.5) is 5.69 Å². The SMILES string of the molecule is O=C1c2ccccc2C(=O)c2c1cccc2S(=O)(=O)Nc1ccc2c(c1)OCO2. The Labute approximate surface area is 165 Å². The maximum atomic E-state index is 13.1. The van der Waals surface area contributed by atoms with Crippen molar-refractivity contribution in [1.82, 2.24) is 0 Å². The second-order valence-corrected chi connectivity index (χ2v) is 8.21. The summed E-state index contributed by atoms with van der Waals surface area (Å²) in [5.41, 5.74) is 0.660. The highest BCUT2D eigenvalue weighted by molar-refractivity contribution is 7.92. The van der Waals surface area contributed by atoms with Gasteiger partial charge in [-0.15, -0.1) is 0 Å². The first kappa shape index (κ1) is 17.4. The molecule has 0 spiro atoms. The summed E-state index contributed by atoms with van der Waals surface area (Å²) >= 11 is 0. The molecule has 144 valence electrons. The lowest BCUT2D eigenvalue weighted by molar-refractivity contribution is 0.0976. The van der Waals surface area contributed by atoms with Gasteiger partial charge in [0.25, 0.3) is 10.0 Å². The zero-order chi connectivity index (χ0) is 20.2. The molecule has 0 aromatic heterocycles. The highest BCUT2D eigenvalue weighted by atomic mass is 32.2. The van der Waals surface area contributed by atoms with Gasteiger partial charge in [-0.3, -0.25) is 14.3 Å². The zero-order valence-electron chi connectivity index (χ0n) is 14.8. The minimum atomic E-state index is -4.15. The van der Waals surface area contributed by atoms with Crippen LogP contribution in [0.1, 0.15) is 31.8 Å². The van der Waals surface area contributed by atoms with E-state index in [-0.39, 0.29) is 45.4 Å². The first-order valence-corrected chi connectivity index (χ1v) is 10.2. The molecule has 0 saturated heterocycles. The van der Waals surface area contributed by atoms with Crippen LogP contribution in [0.15, 0.2) is 65.6 Å². The largest absolute Gasteiger partial charge is 0.454 e. The minimum absolute atomic E-state index is 0.0632. The van der Waals surface area contributed by atoms with Crippen LogP contribution < -0.4 is 14.2 Å². The number of benzene rings is 3. The van der Waals surface area contributed by atoms with E-state index in [9.17, 15) is 18.0 Å². The number of sulfonamides is 1. The molecule has 1 N–H and O–H groups in total.